The zero-order valence-corrected chi connectivity index (χ0v) is 32.1. The summed E-state index contributed by atoms with van der Waals surface area (Å²) in [6.45, 7) is 0. The number of para-hydroxylation sites is 2. The third-order valence-electron chi connectivity index (χ3n) is 11.3. The largest absolute Gasteiger partial charge is 0.309 e. The van der Waals surface area contributed by atoms with Crippen molar-refractivity contribution in [1.29, 1.82) is 0 Å². The minimum atomic E-state index is 0.691. The van der Waals surface area contributed by atoms with Gasteiger partial charge in [-0.3, -0.25) is 4.98 Å². The molecule has 0 amide bonds. The molecule has 0 unspecified atom stereocenters. The van der Waals surface area contributed by atoms with E-state index in [0.29, 0.717) is 5.82 Å². The standard InChI is InChI=1S/C55H36N4/c1-3-13-39(14-4-1)55-57-51(42-16-11-15-40(33-42)43-17-12-32-56-36-43)35-52(58-55)48-31-30-45(46-20-7-8-21-47(46)48)38-26-24-37(25-27-38)41-28-29-50-49-22-9-10-23-53(49)59(54(50)34-41)44-18-5-2-6-19-44/h1-36H. The molecule has 0 saturated carbocycles. The van der Waals surface area contributed by atoms with Crippen LogP contribution < -0.4 is 0 Å². The van der Waals surface area contributed by atoms with Gasteiger partial charge in [0.1, 0.15) is 0 Å². The maximum atomic E-state index is 5.22. The van der Waals surface area contributed by atoms with E-state index >= 15 is 0 Å². The molecule has 0 aliphatic carbocycles. The molecule has 0 bridgehead atoms. The van der Waals surface area contributed by atoms with Gasteiger partial charge in [-0.2, -0.15) is 0 Å². The summed E-state index contributed by atoms with van der Waals surface area (Å²) in [6.07, 6.45) is 3.70. The second-order valence-corrected chi connectivity index (χ2v) is 14.9. The average molecular weight is 753 g/mol. The van der Waals surface area contributed by atoms with Crippen LogP contribution in [0.2, 0.25) is 0 Å². The molecule has 4 nitrogen and oxygen atoms in total. The molecule has 0 aliphatic rings. The average Bonchev–Trinajstić information content (AvgIpc) is 3.66. The molecule has 4 heteroatoms. The lowest BCUT2D eigenvalue weighted by Crippen LogP contribution is -1.97. The van der Waals surface area contributed by atoms with Gasteiger partial charge in [0.25, 0.3) is 0 Å². The van der Waals surface area contributed by atoms with Gasteiger partial charge in [0.15, 0.2) is 5.82 Å². The van der Waals surface area contributed by atoms with Crippen LogP contribution >= 0.6 is 0 Å². The van der Waals surface area contributed by atoms with Crippen molar-refractivity contribution in [3.05, 3.63) is 219 Å². The molecule has 276 valence electrons. The van der Waals surface area contributed by atoms with Crippen LogP contribution in [0.25, 0.3) is 106 Å². The maximum absolute atomic E-state index is 5.22. The summed E-state index contributed by atoms with van der Waals surface area (Å²) >= 11 is 0. The molecule has 3 aromatic heterocycles. The summed E-state index contributed by atoms with van der Waals surface area (Å²) < 4.78 is 2.37. The fraction of sp³-hybridized carbons (Fsp3) is 0. The Kier molecular flexibility index (Phi) is 8.45. The molecule has 0 aliphatic heterocycles. The van der Waals surface area contributed by atoms with Crippen LogP contribution in [-0.2, 0) is 0 Å². The van der Waals surface area contributed by atoms with E-state index in [4.69, 9.17) is 9.97 Å². The fourth-order valence-corrected chi connectivity index (χ4v) is 8.46. The van der Waals surface area contributed by atoms with Gasteiger partial charge in [-0.05, 0) is 81.1 Å². The highest BCUT2D eigenvalue weighted by atomic mass is 15.0. The van der Waals surface area contributed by atoms with E-state index < -0.39 is 0 Å². The summed E-state index contributed by atoms with van der Waals surface area (Å²) in [5, 5.41) is 4.82. The second kappa shape index (κ2) is 14.5. The maximum Gasteiger partial charge on any atom is 0.160 e. The molecule has 0 atom stereocenters. The van der Waals surface area contributed by atoms with Gasteiger partial charge in [0, 0.05) is 51.1 Å². The van der Waals surface area contributed by atoms with Crippen LogP contribution in [0.1, 0.15) is 0 Å². The Morgan fingerprint density at radius 2 is 0.915 bits per heavy atom. The Hall–Kier alpha value is -7.95. The Labute approximate surface area is 342 Å². The summed E-state index contributed by atoms with van der Waals surface area (Å²) in [4.78, 5) is 14.7. The summed E-state index contributed by atoms with van der Waals surface area (Å²) in [5.41, 5.74) is 15.2. The van der Waals surface area contributed by atoms with Crippen molar-refractivity contribution in [3.63, 3.8) is 0 Å². The number of hydrogen-bond acceptors (Lipinski definition) is 3. The van der Waals surface area contributed by atoms with Crippen molar-refractivity contribution in [2.45, 2.75) is 0 Å². The first kappa shape index (κ1) is 34.3. The van der Waals surface area contributed by atoms with Crippen molar-refractivity contribution in [1.82, 2.24) is 19.5 Å². The van der Waals surface area contributed by atoms with Crippen molar-refractivity contribution in [2.75, 3.05) is 0 Å². The van der Waals surface area contributed by atoms with Crippen LogP contribution in [0.15, 0.2) is 219 Å². The number of rotatable bonds is 7. The highest BCUT2D eigenvalue weighted by Crippen LogP contribution is 2.39. The van der Waals surface area contributed by atoms with E-state index in [9.17, 15) is 0 Å². The summed E-state index contributed by atoms with van der Waals surface area (Å²) in [7, 11) is 0. The monoisotopic (exact) mass is 752 g/mol. The summed E-state index contributed by atoms with van der Waals surface area (Å²) in [6, 6.07) is 73.2. The van der Waals surface area contributed by atoms with Gasteiger partial charge in [-0.15, -0.1) is 0 Å². The number of fused-ring (bicyclic) bond motifs is 4. The minimum Gasteiger partial charge on any atom is -0.309 e. The molecule has 59 heavy (non-hydrogen) atoms. The molecule has 8 aromatic carbocycles. The molecule has 0 spiro atoms. The highest BCUT2D eigenvalue weighted by Gasteiger charge is 2.17. The van der Waals surface area contributed by atoms with Gasteiger partial charge in [0.05, 0.1) is 22.4 Å². The Bertz CT molecular complexity index is 3300. The molecule has 11 rings (SSSR count). The smallest absolute Gasteiger partial charge is 0.160 e. The van der Waals surface area contributed by atoms with Crippen molar-refractivity contribution < 1.29 is 0 Å². The summed E-state index contributed by atoms with van der Waals surface area (Å²) in [5.74, 6) is 0.691. The normalized spacial score (nSPS) is 11.4. The molecule has 3 heterocycles. The van der Waals surface area contributed by atoms with Crippen molar-refractivity contribution in [3.8, 4) is 73.0 Å². The number of nitrogens with zero attached hydrogens (tertiary/aromatic N) is 4. The minimum absolute atomic E-state index is 0.691. The molecule has 0 N–H and O–H groups in total. The lowest BCUT2D eigenvalue weighted by molar-refractivity contribution is 1.18. The Morgan fingerprint density at radius 3 is 1.71 bits per heavy atom. The van der Waals surface area contributed by atoms with Gasteiger partial charge in [0.2, 0.25) is 0 Å². The Morgan fingerprint density at radius 1 is 0.322 bits per heavy atom. The molecule has 0 radical (unpaired) electrons. The SMILES string of the molecule is c1ccc(-c2nc(-c3cccc(-c4cccnc4)c3)cc(-c3ccc(-c4ccc(-c5ccc6c7ccccc7n(-c7ccccc7)c6c5)cc4)c4ccccc34)n2)cc1. The van der Waals surface area contributed by atoms with Gasteiger partial charge in [-0.1, -0.05) is 164 Å². The lowest BCUT2D eigenvalue weighted by Gasteiger charge is -2.14. The highest BCUT2D eigenvalue weighted by molar-refractivity contribution is 6.10. The molecule has 0 saturated heterocycles. The van der Waals surface area contributed by atoms with Crippen molar-refractivity contribution in [2.24, 2.45) is 0 Å². The third kappa shape index (κ3) is 6.24. The topological polar surface area (TPSA) is 43.6 Å². The van der Waals surface area contributed by atoms with Crippen LogP contribution in [-0.4, -0.2) is 19.5 Å². The second-order valence-electron chi connectivity index (χ2n) is 14.9. The number of aromatic nitrogens is 4. The third-order valence-corrected chi connectivity index (χ3v) is 11.3. The zero-order valence-electron chi connectivity index (χ0n) is 32.1. The van der Waals surface area contributed by atoms with Gasteiger partial charge in [-0.25, -0.2) is 9.97 Å². The van der Waals surface area contributed by atoms with Crippen LogP contribution in [0.4, 0.5) is 0 Å². The van der Waals surface area contributed by atoms with E-state index in [0.717, 1.165) is 55.8 Å². The van der Waals surface area contributed by atoms with Crippen LogP contribution in [0.5, 0.6) is 0 Å². The van der Waals surface area contributed by atoms with E-state index in [1.165, 1.54) is 43.9 Å². The van der Waals surface area contributed by atoms with Crippen LogP contribution in [0.3, 0.4) is 0 Å². The molecule has 0 fully saturated rings. The number of hydrogen-bond donors (Lipinski definition) is 0. The van der Waals surface area contributed by atoms with Crippen LogP contribution in [0, 0.1) is 0 Å². The quantitative estimate of drug-likeness (QED) is 0.163. The van der Waals surface area contributed by atoms with Crippen molar-refractivity contribution >= 4 is 32.6 Å². The Balaban J connectivity index is 0.992. The predicted octanol–water partition coefficient (Wildman–Crippen LogP) is 14.1. The zero-order chi connectivity index (χ0) is 39.1. The first-order valence-electron chi connectivity index (χ1n) is 19.9. The molecular weight excluding hydrogens is 717 g/mol. The van der Waals surface area contributed by atoms with Gasteiger partial charge >= 0.3 is 0 Å². The lowest BCUT2D eigenvalue weighted by atomic mass is 9.92. The van der Waals surface area contributed by atoms with E-state index in [-0.39, 0.29) is 0 Å². The first-order chi connectivity index (χ1) is 29.2. The fourth-order valence-electron chi connectivity index (χ4n) is 8.46. The predicted molar refractivity (Wildman–Crippen MR) is 244 cm³/mol. The molecule has 11 aromatic rings. The first-order valence-corrected chi connectivity index (χ1v) is 19.9. The number of benzene rings is 8. The number of pyridine rings is 1. The van der Waals surface area contributed by atoms with E-state index in [1.54, 1.807) is 6.20 Å². The van der Waals surface area contributed by atoms with E-state index in [2.05, 4.69) is 192 Å². The molecular formula is C55H36N4. The van der Waals surface area contributed by atoms with Gasteiger partial charge < -0.3 is 4.57 Å². The van der Waals surface area contributed by atoms with E-state index in [1.807, 2.05) is 30.5 Å².